The Balaban J connectivity index is 1.42. The molecule has 2 heterocycles. The van der Waals surface area contributed by atoms with Gasteiger partial charge in [0.05, 0.1) is 6.54 Å². The molecule has 6 heteroatoms. The molecule has 4 nitrogen and oxygen atoms in total. The number of benzene rings is 1. The van der Waals surface area contributed by atoms with Crippen molar-refractivity contribution in [2.75, 3.05) is 0 Å². The van der Waals surface area contributed by atoms with Crippen LogP contribution in [0.2, 0.25) is 0 Å². The van der Waals surface area contributed by atoms with E-state index in [1.807, 2.05) is 35.7 Å². The quantitative estimate of drug-likeness (QED) is 0.648. The molecule has 1 aliphatic rings. The lowest BCUT2D eigenvalue weighted by atomic mass is 9.91. The number of amides is 1. The van der Waals surface area contributed by atoms with Crippen LogP contribution in [-0.4, -0.2) is 18.0 Å². The SMILES string of the molecule is C[C@H](OC(=O)c1cc2c(s1)-c1ccccc1CC2)C(=O)NCc1cccs1. The van der Waals surface area contributed by atoms with Gasteiger partial charge in [-0.15, -0.1) is 22.7 Å². The summed E-state index contributed by atoms with van der Waals surface area (Å²) in [5, 5.41) is 4.76. The molecule has 0 spiro atoms. The summed E-state index contributed by atoms with van der Waals surface area (Å²) in [5.74, 6) is -0.728. The van der Waals surface area contributed by atoms with Gasteiger partial charge in [-0.3, -0.25) is 4.79 Å². The summed E-state index contributed by atoms with van der Waals surface area (Å²) in [4.78, 5) is 27.5. The van der Waals surface area contributed by atoms with E-state index in [0.29, 0.717) is 11.4 Å². The summed E-state index contributed by atoms with van der Waals surface area (Å²) in [5.41, 5.74) is 3.69. The molecule has 0 unspecified atom stereocenters. The first kappa shape index (κ1) is 17.9. The lowest BCUT2D eigenvalue weighted by molar-refractivity contribution is -0.129. The van der Waals surface area contributed by atoms with Crippen molar-refractivity contribution in [3.05, 3.63) is 68.7 Å². The number of rotatable bonds is 5. The maximum Gasteiger partial charge on any atom is 0.349 e. The van der Waals surface area contributed by atoms with Crippen LogP contribution in [0, 0.1) is 0 Å². The van der Waals surface area contributed by atoms with E-state index in [1.54, 1.807) is 18.3 Å². The van der Waals surface area contributed by atoms with Gasteiger partial charge in [0.15, 0.2) is 6.10 Å². The minimum atomic E-state index is -0.830. The van der Waals surface area contributed by atoms with Crippen molar-refractivity contribution in [2.24, 2.45) is 0 Å². The summed E-state index contributed by atoms with van der Waals surface area (Å²) < 4.78 is 5.40. The molecule has 3 aromatic rings. The predicted molar refractivity (Wildman–Crippen MR) is 108 cm³/mol. The second-order valence-corrected chi connectivity index (χ2v) is 8.55. The van der Waals surface area contributed by atoms with Gasteiger partial charge in [-0.25, -0.2) is 4.79 Å². The first-order valence-corrected chi connectivity index (χ1v) is 10.5. The fraction of sp³-hybridized carbons (Fsp3) is 0.238. The van der Waals surface area contributed by atoms with Crippen LogP contribution >= 0.6 is 22.7 Å². The smallest absolute Gasteiger partial charge is 0.349 e. The van der Waals surface area contributed by atoms with E-state index >= 15 is 0 Å². The van der Waals surface area contributed by atoms with Gasteiger partial charge in [-0.1, -0.05) is 30.3 Å². The number of fused-ring (bicyclic) bond motifs is 3. The highest BCUT2D eigenvalue weighted by atomic mass is 32.1. The van der Waals surface area contributed by atoms with Gasteiger partial charge in [0, 0.05) is 9.75 Å². The van der Waals surface area contributed by atoms with Crippen LogP contribution in [-0.2, 0) is 28.9 Å². The Morgan fingerprint density at radius 3 is 2.78 bits per heavy atom. The van der Waals surface area contributed by atoms with Crippen LogP contribution in [0.4, 0.5) is 0 Å². The normalized spacial score (nSPS) is 13.4. The zero-order valence-corrected chi connectivity index (χ0v) is 16.5. The third-order valence-corrected chi connectivity index (χ3v) is 6.67. The average Bonchev–Trinajstić information content (AvgIpc) is 3.35. The summed E-state index contributed by atoms with van der Waals surface area (Å²) in [6.45, 7) is 2.05. The Morgan fingerprint density at radius 1 is 1.15 bits per heavy atom. The van der Waals surface area contributed by atoms with E-state index in [4.69, 9.17) is 4.74 Å². The van der Waals surface area contributed by atoms with Crippen LogP contribution in [0.15, 0.2) is 47.8 Å². The van der Waals surface area contributed by atoms with Gasteiger partial charge < -0.3 is 10.1 Å². The van der Waals surface area contributed by atoms with Crippen molar-refractivity contribution in [1.29, 1.82) is 0 Å². The van der Waals surface area contributed by atoms with Crippen molar-refractivity contribution in [3.8, 4) is 10.4 Å². The van der Waals surface area contributed by atoms with Crippen LogP contribution in [0.3, 0.4) is 0 Å². The van der Waals surface area contributed by atoms with Gasteiger partial charge in [-0.2, -0.15) is 0 Å². The molecule has 138 valence electrons. The minimum absolute atomic E-state index is 0.289. The van der Waals surface area contributed by atoms with Crippen molar-refractivity contribution < 1.29 is 14.3 Å². The zero-order chi connectivity index (χ0) is 18.8. The van der Waals surface area contributed by atoms with Gasteiger partial charge in [0.1, 0.15) is 4.88 Å². The third-order valence-electron chi connectivity index (χ3n) is 4.61. The fourth-order valence-electron chi connectivity index (χ4n) is 3.18. The standard InChI is InChI=1S/C21H19NO3S2/c1-13(20(23)22-12-16-6-4-10-26-16)25-21(24)18-11-15-9-8-14-5-2-3-7-17(14)19(15)27-18/h2-7,10-11,13H,8-9,12H2,1H3,(H,22,23)/t13-/m0/s1. The van der Waals surface area contributed by atoms with E-state index in [0.717, 1.165) is 22.6 Å². The Kier molecular flexibility index (Phi) is 5.09. The van der Waals surface area contributed by atoms with Gasteiger partial charge in [0.25, 0.3) is 5.91 Å². The maximum atomic E-state index is 12.5. The molecule has 0 bridgehead atoms. The predicted octanol–water partition coefficient (Wildman–Crippen LogP) is 4.44. The molecule has 0 fully saturated rings. The van der Waals surface area contributed by atoms with Crippen LogP contribution in [0.1, 0.15) is 32.6 Å². The van der Waals surface area contributed by atoms with Crippen molar-refractivity contribution in [3.63, 3.8) is 0 Å². The monoisotopic (exact) mass is 397 g/mol. The number of hydrogen-bond donors (Lipinski definition) is 1. The molecular formula is C21H19NO3S2. The number of thiophene rings is 2. The molecule has 0 saturated carbocycles. The van der Waals surface area contributed by atoms with Crippen molar-refractivity contribution in [2.45, 2.75) is 32.4 Å². The molecule has 0 radical (unpaired) electrons. The second-order valence-electron chi connectivity index (χ2n) is 6.47. The van der Waals surface area contributed by atoms with Gasteiger partial charge in [0.2, 0.25) is 0 Å². The molecule has 27 heavy (non-hydrogen) atoms. The zero-order valence-electron chi connectivity index (χ0n) is 14.9. The first-order chi connectivity index (χ1) is 13.1. The highest BCUT2D eigenvalue weighted by Gasteiger charge is 2.24. The molecule has 1 atom stereocenters. The van der Waals surface area contributed by atoms with E-state index < -0.39 is 12.1 Å². The molecular weight excluding hydrogens is 378 g/mol. The summed E-state index contributed by atoms with van der Waals surface area (Å²) in [6, 6.07) is 14.1. The Bertz CT molecular complexity index is 975. The molecule has 4 rings (SSSR count). The first-order valence-electron chi connectivity index (χ1n) is 8.84. The summed E-state index contributed by atoms with van der Waals surface area (Å²) in [6.07, 6.45) is 1.08. The van der Waals surface area contributed by atoms with E-state index in [1.165, 1.54) is 28.0 Å². The van der Waals surface area contributed by atoms with Gasteiger partial charge in [-0.05, 0) is 54.0 Å². The van der Waals surface area contributed by atoms with Gasteiger partial charge >= 0.3 is 5.97 Å². The Hall–Kier alpha value is -2.44. The summed E-state index contributed by atoms with van der Waals surface area (Å²) in [7, 11) is 0. The molecule has 0 aliphatic heterocycles. The largest absolute Gasteiger partial charge is 0.448 e. The fourth-order valence-corrected chi connectivity index (χ4v) is 4.97. The van der Waals surface area contributed by atoms with Crippen molar-refractivity contribution in [1.82, 2.24) is 5.32 Å². The molecule has 2 aromatic heterocycles. The maximum absolute atomic E-state index is 12.5. The number of hydrogen-bond acceptors (Lipinski definition) is 5. The Morgan fingerprint density at radius 2 is 1.96 bits per heavy atom. The number of carbonyl (C=O) groups excluding carboxylic acids is 2. The third kappa shape index (κ3) is 3.82. The topological polar surface area (TPSA) is 55.4 Å². The highest BCUT2D eigenvalue weighted by Crippen LogP contribution is 2.39. The number of aryl methyl sites for hydroxylation is 2. The van der Waals surface area contributed by atoms with E-state index in [9.17, 15) is 9.59 Å². The summed E-state index contributed by atoms with van der Waals surface area (Å²) >= 11 is 3.02. The van der Waals surface area contributed by atoms with Crippen LogP contribution in [0.5, 0.6) is 0 Å². The number of nitrogens with one attached hydrogen (secondary N) is 1. The molecule has 1 aliphatic carbocycles. The Labute approximate surface area is 165 Å². The minimum Gasteiger partial charge on any atom is -0.448 e. The molecule has 1 aromatic carbocycles. The van der Waals surface area contributed by atoms with Crippen LogP contribution in [0.25, 0.3) is 10.4 Å². The molecule has 0 saturated heterocycles. The molecule has 1 amide bonds. The van der Waals surface area contributed by atoms with Crippen molar-refractivity contribution >= 4 is 34.6 Å². The van der Waals surface area contributed by atoms with Crippen LogP contribution < -0.4 is 5.32 Å². The van der Waals surface area contributed by atoms with E-state index in [2.05, 4.69) is 17.4 Å². The molecule has 1 N–H and O–H groups in total. The lowest BCUT2D eigenvalue weighted by Gasteiger charge is -2.15. The highest BCUT2D eigenvalue weighted by molar-refractivity contribution is 7.17. The number of ether oxygens (including phenoxy) is 1. The number of carbonyl (C=O) groups is 2. The average molecular weight is 398 g/mol. The second kappa shape index (κ2) is 7.66. The lowest BCUT2D eigenvalue weighted by Crippen LogP contribution is -2.35. The number of esters is 1. The van der Waals surface area contributed by atoms with E-state index in [-0.39, 0.29) is 5.91 Å².